The van der Waals surface area contributed by atoms with Crippen LogP contribution in [0.25, 0.3) is 0 Å². The fraction of sp³-hybridized carbons (Fsp3) is 0.214. The number of thioether (sulfide) groups is 1. The van der Waals surface area contributed by atoms with Crippen LogP contribution in [0, 0.1) is 11.6 Å². The minimum absolute atomic E-state index is 0.0635. The number of amides is 1. The average Bonchev–Trinajstić information content (AvgIpc) is 2.89. The van der Waals surface area contributed by atoms with Crippen LogP contribution in [0.4, 0.5) is 14.5 Å². The molecule has 1 aromatic heterocycles. The van der Waals surface area contributed by atoms with E-state index in [4.69, 9.17) is 0 Å². The van der Waals surface area contributed by atoms with Crippen molar-refractivity contribution in [2.45, 2.75) is 23.9 Å². The molecular weight excluding hydrogens is 310 g/mol. The van der Waals surface area contributed by atoms with Crippen LogP contribution in [-0.2, 0) is 11.3 Å². The first-order valence-corrected chi connectivity index (χ1v) is 7.30. The summed E-state index contributed by atoms with van der Waals surface area (Å²) in [5.74, 6) is -1.93. The second-order valence-corrected chi connectivity index (χ2v) is 5.74. The molecule has 1 aromatic carbocycles. The van der Waals surface area contributed by atoms with Gasteiger partial charge in [-0.3, -0.25) is 4.79 Å². The molecule has 8 heteroatoms. The highest BCUT2D eigenvalue weighted by Crippen LogP contribution is 2.23. The fourth-order valence-corrected chi connectivity index (χ4v) is 2.47. The minimum atomic E-state index is -0.819. The van der Waals surface area contributed by atoms with Gasteiger partial charge in [0.25, 0.3) is 0 Å². The van der Waals surface area contributed by atoms with Crippen molar-refractivity contribution in [3.63, 3.8) is 0 Å². The first-order valence-electron chi connectivity index (χ1n) is 6.42. The summed E-state index contributed by atoms with van der Waals surface area (Å²) >= 11 is 1.19. The molecule has 0 aliphatic rings. The number of halogens is 2. The smallest absolute Gasteiger partial charge is 0.237 e. The number of benzene rings is 1. The molecule has 5 nitrogen and oxygen atoms in total. The van der Waals surface area contributed by atoms with E-state index in [1.54, 1.807) is 17.6 Å². The average molecular weight is 324 g/mol. The van der Waals surface area contributed by atoms with Gasteiger partial charge in [-0.1, -0.05) is 17.8 Å². The Hall–Kier alpha value is -2.22. The van der Waals surface area contributed by atoms with Gasteiger partial charge in [0.15, 0.2) is 5.16 Å². The number of rotatable bonds is 6. The van der Waals surface area contributed by atoms with E-state index in [-0.39, 0.29) is 5.69 Å². The Labute approximate surface area is 130 Å². The molecule has 1 atom stereocenters. The predicted octanol–water partition coefficient (Wildman–Crippen LogP) is 2.86. The van der Waals surface area contributed by atoms with Crippen LogP contribution in [0.1, 0.15) is 6.92 Å². The Bertz CT molecular complexity index is 689. The summed E-state index contributed by atoms with van der Waals surface area (Å²) in [5.41, 5.74) is -0.0635. The fourth-order valence-electron chi connectivity index (χ4n) is 1.64. The van der Waals surface area contributed by atoms with E-state index >= 15 is 0 Å². The number of hydrogen-bond acceptors (Lipinski definition) is 4. The number of allylic oxidation sites excluding steroid dienone is 1. The van der Waals surface area contributed by atoms with Crippen molar-refractivity contribution in [2.75, 3.05) is 5.32 Å². The van der Waals surface area contributed by atoms with Gasteiger partial charge in [0.05, 0.1) is 10.9 Å². The van der Waals surface area contributed by atoms with Gasteiger partial charge >= 0.3 is 0 Å². The maximum absolute atomic E-state index is 13.5. The van der Waals surface area contributed by atoms with Gasteiger partial charge in [-0.25, -0.2) is 8.78 Å². The number of carbonyl (C=O) groups excluding carboxylic acids is 1. The van der Waals surface area contributed by atoms with E-state index in [1.165, 1.54) is 24.2 Å². The summed E-state index contributed by atoms with van der Waals surface area (Å²) in [7, 11) is 0. The summed E-state index contributed by atoms with van der Waals surface area (Å²) in [6, 6.07) is 2.98. The topological polar surface area (TPSA) is 59.8 Å². The third kappa shape index (κ3) is 3.91. The number of nitrogens with one attached hydrogen (secondary N) is 1. The lowest BCUT2D eigenvalue weighted by molar-refractivity contribution is -0.115. The summed E-state index contributed by atoms with van der Waals surface area (Å²) in [6.45, 7) is 5.81. The van der Waals surface area contributed by atoms with Crippen molar-refractivity contribution >= 4 is 23.4 Å². The molecule has 0 aliphatic carbocycles. The summed E-state index contributed by atoms with van der Waals surface area (Å²) in [4.78, 5) is 12.1. The number of hydrogen-bond donors (Lipinski definition) is 1. The Morgan fingerprint density at radius 1 is 1.55 bits per heavy atom. The number of aromatic nitrogens is 3. The highest BCUT2D eigenvalue weighted by Gasteiger charge is 2.19. The van der Waals surface area contributed by atoms with Crippen LogP contribution in [-0.4, -0.2) is 25.9 Å². The lowest BCUT2D eigenvalue weighted by atomic mass is 10.3. The molecule has 1 N–H and O–H groups in total. The van der Waals surface area contributed by atoms with Crippen LogP contribution in [0.5, 0.6) is 0 Å². The van der Waals surface area contributed by atoms with E-state index in [1.807, 2.05) is 0 Å². The summed E-state index contributed by atoms with van der Waals surface area (Å²) in [6.07, 6.45) is 3.22. The van der Waals surface area contributed by atoms with E-state index in [0.717, 1.165) is 6.07 Å². The summed E-state index contributed by atoms with van der Waals surface area (Å²) < 4.78 is 28.1. The van der Waals surface area contributed by atoms with Gasteiger partial charge in [-0.15, -0.1) is 16.8 Å². The lowest BCUT2D eigenvalue weighted by Gasteiger charge is -2.12. The van der Waals surface area contributed by atoms with Gasteiger partial charge in [0.1, 0.15) is 18.0 Å². The minimum Gasteiger partial charge on any atom is -0.323 e. The largest absolute Gasteiger partial charge is 0.323 e. The maximum Gasteiger partial charge on any atom is 0.237 e. The quantitative estimate of drug-likeness (QED) is 0.656. The third-order valence-electron chi connectivity index (χ3n) is 2.75. The normalized spacial score (nSPS) is 12.0. The molecule has 0 bridgehead atoms. The monoisotopic (exact) mass is 324 g/mol. The van der Waals surface area contributed by atoms with Crippen molar-refractivity contribution < 1.29 is 13.6 Å². The molecule has 1 amide bonds. The molecule has 0 aliphatic heterocycles. The third-order valence-corrected chi connectivity index (χ3v) is 3.84. The molecular formula is C14H14F2N4OS. The standard InChI is InChI=1S/C14H14F2N4OS/c1-3-6-20-8-17-19-14(20)22-9(2)13(21)18-12-5-4-10(15)7-11(12)16/h3-5,7-9H,1,6H2,2H3,(H,18,21)/t9-/m1/s1. The van der Waals surface area contributed by atoms with Gasteiger partial charge < -0.3 is 9.88 Å². The molecule has 22 heavy (non-hydrogen) atoms. The molecule has 1 heterocycles. The van der Waals surface area contributed by atoms with Gasteiger partial charge in [0, 0.05) is 12.6 Å². The zero-order valence-electron chi connectivity index (χ0n) is 11.8. The molecule has 0 saturated carbocycles. The molecule has 2 rings (SSSR count). The Kier molecular flexibility index (Phi) is 5.26. The first-order chi connectivity index (χ1) is 10.5. The number of carbonyl (C=O) groups is 1. The lowest BCUT2D eigenvalue weighted by Crippen LogP contribution is -2.23. The molecule has 0 radical (unpaired) electrons. The van der Waals surface area contributed by atoms with Crippen molar-refractivity contribution in [1.29, 1.82) is 0 Å². The van der Waals surface area contributed by atoms with E-state index in [2.05, 4.69) is 22.1 Å². The van der Waals surface area contributed by atoms with Crippen LogP contribution in [0.3, 0.4) is 0 Å². The number of anilines is 1. The zero-order valence-corrected chi connectivity index (χ0v) is 12.6. The Morgan fingerprint density at radius 3 is 3.00 bits per heavy atom. The highest BCUT2D eigenvalue weighted by molar-refractivity contribution is 8.00. The molecule has 0 spiro atoms. The molecule has 0 unspecified atom stereocenters. The molecule has 0 saturated heterocycles. The predicted molar refractivity (Wildman–Crippen MR) is 80.5 cm³/mol. The second kappa shape index (κ2) is 7.17. The molecule has 0 fully saturated rings. The number of nitrogens with zero attached hydrogens (tertiary/aromatic N) is 3. The van der Waals surface area contributed by atoms with Crippen LogP contribution in [0.15, 0.2) is 42.3 Å². The van der Waals surface area contributed by atoms with Crippen LogP contribution in [0.2, 0.25) is 0 Å². The zero-order chi connectivity index (χ0) is 16.1. The van der Waals surface area contributed by atoms with Gasteiger partial charge in [0.2, 0.25) is 5.91 Å². The van der Waals surface area contributed by atoms with E-state index in [9.17, 15) is 13.6 Å². The van der Waals surface area contributed by atoms with Crippen molar-refractivity contribution in [2.24, 2.45) is 0 Å². The van der Waals surface area contributed by atoms with Crippen LogP contribution >= 0.6 is 11.8 Å². The van der Waals surface area contributed by atoms with Gasteiger partial charge in [-0.05, 0) is 19.1 Å². The summed E-state index contributed by atoms with van der Waals surface area (Å²) in [5, 5.41) is 10.1. The van der Waals surface area contributed by atoms with Crippen LogP contribution < -0.4 is 5.32 Å². The SMILES string of the molecule is C=CCn1cnnc1S[C@H](C)C(=O)Nc1ccc(F)cc1F. The second-order valence-electron chi connectivity index (χ2n) is 4.43. The van der Waals surface area contributed by atoms with E-state index in [0.29, 0.717) is 17.8 Å². The van der Waals surface area contributed by atoms with Crippen molar-refractivity contribution in [3.8, 4) is 0 Å². The maximum atomic E-state index is 13.5. The van der Waals surface area contributed by atoms with E-state index < -0.39 is 22.8 Å². The Balaban J connectivity index is 2.02. The molecule has 2 aromatic rings. The van der Waals surface area contributed by atoms with Gasteiger partial charge in [-0.2, -0.15) is 0 Å². The first kappa shape index (κ1) is 16.2. The highest BCUT2D eigenvalue weighted by atomic mass is 32.2. The Morgan fingerprint density at radius 2 is 2.32 bits per heavy atom. The van der Waals surface area contributed by atoms with Crippen molar-refractivity contribution in [3.05, 3.63) is 48.8 Å². The molecule has 116 valence electrons. The van der Waals surface area contributed by atoms with Crippen molar-refractivity contribution in [1.82, 2.24) is 14.8 Å².